The Labute approximate surface area is 119 Å². The largest absolute Gasteiger partial charge is 0.449 e. The van der Waals surface area contributed by atoms with Crippen molar-refractivity contribution in [3.63, 3.8) is 0 Å². The molecule has 1 heterocycles. The lowest BCUT2D eigenvalue weighted by atomic mass is 9.89. The van der Waals surface area contributed by atoms with Gasteiger partial charge in [-0.25, -0.2) is 9.18 Å². The van der Waals surface area contributed by atoms with Crippen LogP contribution in [-0.2, 0) is 4.74 Å². The van der Waals surface area contributed by atoms with Crippen molar-refractivity contribution in [3.05, 3.63) is 35.6 Å². The van der Waals surface area contributed by atoms with Crippen LogP contribution in [0.5, 0.6) is 0 Å². The number of rotatable bonds is 4. The first-order chi connectivity index (χ1) is 9.72. The smallest absolute Gasteiger partial charge is 0.409 e. The molecule has 0 N–H and O–H groups in total. The molecule has 20 heavy (non-hydrogen) atoms. The lowest BCUT2D eigenvalue weighted by Gasteiger charge is -2.31. The number of nitrogens with zero attached hydrogens (tertiary/aromatic N) is 1. The first kappa shape index (κ1) is 14.8. The van der Waals surface area contributed by atoms with Gasteiger partial charge in [0.2, 0.25) is 0 Å². The average Bonchev–Trinajstić information content (AvgIpc) is 2.48. The summed E-state index contributed by atoms with van der Waals surface area (Å²) in [7, 11) is 0. The topological polar surface area (TPSA) is 29.5 Å². The van der Waals surface area contributed by atoms with Gasteiger partial charge in [-0.05, 0) is 36.8 Å². The summed E-state index contributed by atoms with van der Waals surface area (Å²) in [5.41, 5.74) is 0.770. The second-order valence-electron chi connectivity index (χ2n) is 5.25. The fourth-order valence-electron chi connectivity index (χ4n) is 2.57. The minimum Gasteiger partial charge on any atom is -0.449 e. The van der Waals surface area contributed by atoms with Gasteiger partial charge in [0.15, 0.2) is 0 Å². The van der Waals surface area contributed by atoms with E-state index in [4.69, 9.17) is 4.74 Å². The number of carbonyl (C=O) groups excluding carboxylic acids is 1. The molecule has 0 unspecified atom stereocenters. The first-order valence-electron chi connectivity index (χ1n) is 7.38. The zero-order valence-electron chi connectivity index (χ0n) is 12.0. The van der Waals surface area contributed by atoms with E-state index in [0.717, 1.165) is 31.2 Å². The number of benzene rings is 1. The molecule has 1 aromatic carbocycles. The van der Waals surface area contributed by atoms with Crippen LogP contribution in [0.3, 0.4) is 0 Å². The Balaban J connectivity index is 1.83. The maximum Gasteiger partial charge on any atom is 0.409 e. The molecule has 0 aromatic heterocycles. The number of unbranched alkanes of at least 4 members (excludes halogenated alkanes) is 1. The number of likely N-dealkylation sites (tertiary alicyclic amines) is 1. The molecule has 3 nitrogen and oxygen atoms in total. The van der Waals surface area contributed by atoms with Crippen LogP contribution in [-0.4, -0.2) is 30.7 Å². The third kappa shape index (κ3) is 3.71. The monoisotopic (exact) mass is 279 g/mol. The van der Waals surface area contributed by atoms with Crippen molar-refractivity contribution in [2.75, 3.05) is 19.7 Å². The predicted octanol–water partition coefficient (Wildman–Crippen LogP) is 3.94. The lowest BCUT2D eigenvalue weighted by molar-refractivity contribution is 0.0914. The van der Waals surface area contributed by atoms with Crippen molar-refractivity contribution in [2.24, 2.45) is 0 Å². The number of amides is 1. The van der Waals surface area contributed by atoms with Crippen LogP contribution in [0, 0.1) is 5.82 Å². The molecule has 1 amide bonds. The van der Waals surface area contributed by atoms with E-state index < -0.39 is 0 Å². The summed E-state index contributed by atoms with van der Waals surface area (Å²) in [5.74, 6) is 0.0624. The van der Waals surface area contributed by atoms with Crippen LogP contribution in [0.1, 0.15) is 44.1 Å². The Hall–Kier alpha value is -1.58. The van der Waals surface area contributed by atoms with E-state index in [1.54, 1.807) is 11.0 Å². The normalized spacial score (nSPS) is 16.2. The van der Waals surface area contributed by atoms with Crippen LogP contribution in [0.2, 0.25) is 0 Å². The molecule has 1 saturated heterocycles. The summed E-state index contributed by atoms with van der Waals surface area (Å²) in [6.45, 7) is 3.84. The van der Waals surface area contributed by atoms with E-state index >= 15 is 0 Å². The van der Waals surface area contributed by atoms with Gasteiger partial charge in [0.1, 0.15) is 5.82 Å². The molecule has 4 heteroatoms. The van der Waals surface area contributed by atoms with Gasteiger partial charge in [-0.15, -0.1) is 0 Å². The van der Waals surface area contributed by atoms with Gasteiger partial charge < -0.3 is 9.64 Å². The average molecular weight is 279 g/mol. The molecule has 0 saturated carbocycles. The van der Waals surface area contributed by atoms with Crippen LogP contribution in [0.4, 0.5) is 9.18 Å². The summed E-state index contributed by atoms with van der Waals surface area (Å²) >= 11 is 0. The molecule has 0 spiro atoms. The number of hydrogen-bond donors (Lipinski definition) is 0. The number of piperidine rings is 1. The van der Waals surface area contributed by atoms with E-state index in [1.807, 2.05) is 12.1 Å². The molecule has 1 aromatic rings. The SMILES string of the molecule is CCCCOC(=O)N1CCC(c2ccccc2F)CC1. The molecule has 0 radical (unpaired) electrons. The molecular weight excluding hydrogens is 257 g/mol. The van der Waals surface area contributed by atoms with Crippen LogP contribution in [0.25, 0.3) is 0 Å². The van der Waals surface area contributed by atoms with Gasteiger partial charge in [0.05, 0.1) is 6.61 Å². The summed E-state index contributed by atoms with van der Waals surface area (Å²) in [6.07, 6.45) is 3.28. The highest BCUT2D eigenvalue weighted by Gasteiger charge is 2.25. The first-order valence-corrected chi connectivity index (χ1v) is 7.38. The molecule has 0 aliphatic carbocycles. The van der Waals surface area contributed by atoms with Crippen molar-refractivity contribution >= 4 is 6.09 Å². The third-order valence-corrected chi connectivity index (χ3v) is 3.82. The summed E-state index contributed by atoms with van der Waals surface area (Å²) in [5, 5.41) is 0. The zero-order chi connectivity index (χ0) is 14.4. The fraction of sp³-hybridized carbons (Fsp3) is 0.562. The standard InChI is InChI=1S/C16H22FNO2/c1-2-3-12-20-16(19)18-10-8-13(9-11-18)14-6-4-5-7-15(14)17/h4-7,13H,2-3,8-12H2,1H3. The van der Waals surface area contributed by atoms with Gasteiger partial charge in [-0.3, -0.25) is 0 Å². The minimum atomic E-state index is -0.231. The van der Waals surface area contributed by atoms with Crippen LogP contribution in [0.15, 0.2) is 24.3 Å². The highest BCUT2D eigenvalue weighted by molar-refractivity contribution is 5.67. The van der Waals surface area contributed by atoms with Gasteiger partial charge in [0, 0.05) is 13.1 Å². The van der Waals surface area contributed by atoms with E-state index in [9.17, 15) is 9.18 Å². The Kier molecular flexibility index (Phi) is 5.39. The maximum atomic E-state index is 13.7. The number of hydrogen-bond acceptors (Lipinski definition) is 2. The summed E-state index contributed by atoms with van der Waals surface area (Å²) in [4.78, 5) is 13.5. The van der Waals surface area contributed by atoms with Gasteiger partial charge >= 0.3 is 6.09 Å². The molecule has 0 atom stereocenters. The molecule has 1 fully saturated rings. The molecule has 0 bridgehead atoms. The van der Waals surface area contributed by atoms with E-state index in [2.05, 4.69) is 6.92 Å². The van der Waals surface area contributed by atoms with E-state index in [0.29, 0.717) is 19.7 Å². The van der Waals surface area contributed by atoms with Crippen LogP contribution < -0.4 is 0 Å². The van der Waals surface area contributed by atoms with Gasteiger partial charge in [0.25, 0.3) is 0 Å². The van der Waals surface area contributed by atoms with Crippen molar-refractivity contribution in [2.45, 2.75) is 38.5 Å². The number of carbonyl (C=O) groups is 1. The quantitative estimate of drug-likeness (QED) is 0.781. The van der Waals surface area contributed by atoms with Crippen molar-refractivity contribution in [1.82, 2.24) is 4.90 Å². The van der Waals surface area contributed by atoms with Gasteiger partial charge in [-0.1, -0.05) is 31.5 Å². The molecular formula is C16H22FNO2. The molecule has 2 rings (SSSR count). The van der Waals surface area contributed by atoms with Crippen LogP contribution >= 0.6 is 0 Å². The number of halogens is 1. The van der Waals surface area contributed by atoms with Crippen molar-refractivity contribution < 1.29 is 13.9 Å². The Morgan fingerprint density at radius 3 is 2.70 bits per heavy atom. The summed E-state index contributed by atoms with van der Waals surface area (Å²) in [6, 6.07) is 6.92. The predicted molar refractivity (Wildman–Crippen MR) is 76.2 cm³/mol. The second-order valence-corrected chi connectivity index (χ2v) is 5.25. The highest BCUT2D eigenvalue weighted by atomic mass is 19.1. The van der Waals surface area contributed by atoms with Crippen molar-refractivity contribution in [1.29, 1.82) is 0 Å². The number of ether oxygens (including phenoxy) is 1. The zero-order valence-corrected chi connectivity index (χ0v) is 12.0. The molecule has 1 aliphatic rings. The second kappa shape index (κ2) is 7.27. The molecule has 110 valence electrons. The Bertz CT molecular complexity index is 442. The fourth-order valence-corrected chi connectivity index (χ4v) is 2.57. The van der Waals surface area contributed by atoms with Gasteiger partial charge in [-0.2, -0.15) is 0 Å². The Morgan fingerprint density at radius 2 is 2.05 bits per heavy atom. The maximum absolute atomic E-state index is 13.7. The lowest BCUT2D eigenvalue weighted by Crippen LogP contribution is -2.38. The third-order valence-electron chi connectivity index (χ3n) is 3.82. The highest BCUT2D eigenvalue weighted by Crippen LogP contribution is 2.29. The van der Waals surface area contributed by atoms with E-state index in [1.165, 1.54) is 6.07 Å². The van der Waals surface area contributed by atoms with E-state index in [-0.39, 0.29) is 17.8 Å². The Morgan fingerprint density at radius 1 is 1.35 bits per heavy atom. The van der Waals surface area contributed by atoms with Crippen molar-refractivity contribution in [3.8, 4) is 0 Å². The molecule has 1 aliphatic heterocycles. The summed E-state index contributed by atoms with van der Waals surface area (Å²) < 4.78 is 18.9. The minimum absolute atomic E-state index is 0.142.